The Bertz CT molecular complexity index is 416. The van der Waals surface area contributed by atoms with Crippen LogP contribution in [0.3, 0.4) is 0 Å². The van der Waals surface area contributed by atoms with Crippen LogP contribution in [0.1, 0.15) is 32.4 Å². The van der Waals surface area contributed by atoms with Crippen molar-refractivity contribution in [3.05, 3.63) is 36.2 Å². The maximum absolute atomic E-state index is 11.7. The molecule has 0 aromatic carbocycles. The zero-order valence-electron chi connectivity index (χ0n) is 12.2. The van der Waals surface area contributed by atoms with E-state index in [0.717, 1.165) is 18.5 Å². The third-order valence-corrected chi connectivity index (χ3v) is 3.00. The molecular formula is C16H24N2O2. The van der Waals surface area contributed by atoms with E-state index >= 15 is 0 Å². The van der Waals surface area contributed by atoms with Crippen molar-refractivity contribution in [2.45, 2.75) is 26.7 Å². The minimum atomic E-state index is -0.123. The molecule has 4 nitrogen and oxygen atoms in total. The number of pyridine rings is 1. The molecule has 2 N–H and O–H groups in total. The second-order valence-electron chi connectivity index (χ2n) is 5.34. The first-order valence-corrected chi connectivity index (χ1v) is 7.09. The van der Waals surface area contributed by atoms with Crippen LogP contribution in [0, 0.1) is 11.8 Å². The van der Waals surface area contributed by atoms with Gasteiger partial charge in [-0.1, -0.05) is 19.9 Å². The van der Waals surface area contributed by atoms with Gasteiger partial charge in [0.15, 0.2) is 0 Å². The largest absolute Gasteiger partial charge is 0.396 e. The minimum Gasteiger partial charge on any atom is -0.396 e. The SMILES string of the molecule is CC(C)CC(CCO)CNC(=O)/C=C/c1ccccn1. The number of aliphatic hydroxyl groups excluding tert-OH is 1. The van der Waals surface area contributed by atoms with Crippen molar-refractivity contribution in [3.63, 3.8) is 0 Å². The van der Waals surface area contributed by atoms with Gasteiger partial charge >= 0.3 is 0 Å². The summed E-state index contributed by atoms with van der Waals surface area (Å²) < 4.78 is 0. The Labute approximate surface area is 120 Å². The topological polar surface area (TPSA) is 62.2 Å². The van der Waals surface area contributed by atoms with Crippen LogP contribution in [-0.2, 0) is 4.79 Å². The van der Waals surface area contributed by atoms with Gasteiger partial charge in [-0.15, -0.1) is 0 Å². The van der Waals surface area contributed by atoms with Crippen molar-refractivity contribution < 1.29 is 9.90 Å². The highest BCUT2D eigenvalue weighted by Crippen LogP contribution is 2.14. The number of aromatic nitrogens is 1. The summed E-state index contributed by atoms with van der Waals surface area (Å²) in [5.74, 6) is 0.766. The number of carbonyl (C=O) groups is 1. The number of hydrogen-bond acceptors (Lipinski definition) is 3. The number of amides is 1. The molecule has 1 aromatic heterocycles. The monoisotopic (exact) mass is 276 g/mol. The van der Waals surface area contributed by atoms with Crippen LogP contribution < -0.4 is 5.32 Å². The molecule has 0 saturated carbocycles. The fourth-order valence-electron chi connectivity index (χ4n) is 2.09. The van der Waals surface area contributed by atoms with Crippen LogP contribution >= 0.6 is 0 Å². The van der Waals surface area contributed by atoms with E-state index in [1.165, 1.54) is 6.08 Å². The van der Waals surface area contributed by atoms with Gasteiger partial charge in [-0.05, 0) is 42.9 Å². The highest BCUT2D eigenvalue weighted by Gasteiger charge is 2.11. The van der Waals surface area contributed by atoms with Crippen molar-refractivity contribution in [2.24, 2.45) is 11.8 Å². The molecule has 4 heteroatoms. The van der Waals surface area contributed by atoms with Crippen LogP contribution in [0.2, 0.25) is 0 Å². The van der Waals surface area contributed by atoms with Crippen LogP contribution in [-0.4, -0.2) is 29.1 Å². The first kappa shape index (κ1) is 16.4. The van der Waals surface area contributed by atoms with Gasteiger partial charge in [-0.2, -0.15) is 0 Å². The Hall–Kier alpha value is -1.68. The number of carbonyl (C=O) groups excluding carboxylic acids is 1. The molecule has 0 aliphatic heterocycles. The second-order valence-corrected chi connectivity index (χ2v) is 5.34. The first-order chi connectivity index (χ1) is 9.61. The Morgan fingerprint density at radius 2 is 2.25 bits per heavy atom. The average Bonchev–Trinajstić information content (AvgIpc) is 2.43. The fourth-order valence-corrected chi connectivity index (χ4v) is 2.09. The van der Waals surface area contributed by atoms with E-state index < -0.39 is 0 Å². The highest BCUT2D eigenvalue weighted by molar-refractivity contribution is 5.91. The molecule has 1 heterocycles. The van der Waals surface area contributed by atoms with Crippen molar-refractivity contribution in [3.8, 4) is 0 Å². The summed E-state index contributed by atoms with van der Waals surface area (Å²) in [5.41, 5.74) is 0.761. The van der Waals surface area contributed by atoms with Crippen LogP contribution in [0.25, 0.3) is 6.08 Å². The van der Waals surface area contributed by atoms with Crippen LogP contribution in [0.5, 0.6) is 0 Å². The van der Waals surface area contributed by atoms with Crippen molar-refractivity contribution >= 4 is 12.0 Å². The summed E-state index contributed by atoms with van der Waals surface area (Å²) in [4.78, 5) is 15.8. The number of nitrogens with zero attached hydrogens (tertiary/aromatic N) is 1. The molecule has 20 heavy (non-hydrogen) atoms. The zero-order chi connectivity index (χ0) is 14.8. The first-order valence-electron chi connectivity index (χ1n) is 7.09. The van der Waals surface area contributed by atoms with Crippen LogP contribution in [0.4, 0.5) is 0 Å². The van der Waals surface area contributed by atoms with E-state index in [2.05, 4.69) is 24.1 Å². The highest BCUT2D eigenvalue weighted by atomic mass is 16.3. The lowest BCUT2D eigenvalue weighted by molar-refractivity contribution is -0.116. The number of nitrogens with one attached hydrogen (secondary N) is 1. The molecule has 1 unspecified atom stereocenters. The molecule has 0 aliphatic rings. The molecule has 0 fully saturated rings. The molecule has 0 aliphatic carbocycles. The van der Waals surface area contributed by atoms with E-state index in [0.29, 0.717) is 18.4 Å². The normalized spacial score (nSPS) is 12.8. The average molecular weight is 276 g/mol. The quantitative estimate of drug-likeness (QED) is 0.716. The van der Waals surface area contributed by atoms with E-state index in [1.807, 2.05) is 18.2 Å². The molecule has 1 amide bonds. The summed E-state index contributed by atoms with van der Waals surface area (Å²) in [7, 11) is 0. The standard InChI is InChI=1S/C16H24N2O2/c1-13(2)11-14(8-10-19)12-18-16(20)7-6-15-5-3-4-9-17-15/h3-7,9,13-14,19H,8,10-12H2,1-2H3,(H,18,20)/b7-6+. The van der Waals surface area contributed by atoms with E-state index in [4.69, 9.17) is 5.11 Å². The lowest BCUT2D eigenvalue weighted by Gasteiger charge is -2.18. The van der Waals surface area contributed by atoms with Gasteiger partial charge in [-0.25, -0.2) is 0 Å². The van der Waals surface area contributed by atoms with Gasteiger partial charge in [0.1, 0.15) is 0 Å². The summed E-state index contributed by atoms with van der Waals surface area (Å²) in [6.07, 6.45) is 6.61. The van der Waals surface area contributed by atoms with Crippen molar-refractivity contribution in [1.29, 1.82) is 0 Å². The van der Waals surface area contributed by atoms with Crippen LogP contribution in [0.15, 0.2) is 30.5 Å². The third kappa shape index (κ3) is 7.04. The van der Waals surface area contributed by atoms with E-state index in [-0.39, 0.29) is 12.5 Å². The smallest absolute Gasteiger partial charge is 0.244 e. The molecule has 0 bridgehead atoms. The maximum Gasteiger partial charge on any atom is 0.244 e. The maximum atomic E-state index is 11.7. The Morgan fingerprint density at radius 1 is 1.45 bits per heavy atom. The number of aliphatic hydroxyl groups is 1. The second kappa shape index (κ2) is 9.26. The van der Waals surface area contributed by atoms with Gasteiger partial charge in [-0.3, -0.25) is 9.78 Å². The van der Waals surface area contributed by atoms with Gasteiger partial charge in [0, 0.05) is 25.4 Å². The molecule has 0 saturated heterocycles. The molecule has 1 rings (SSSR count). The Kier molecular flexibility index (Phi) is 7.58. The molecule has 110 valence electrons. The minimum absolute atomic E-state index is 0.123. The summed E-state index contributed by atoms with van der Waals surface area (Å²) in [5, 5.41) is 11.9. The third-order valence-electron chi connectivity index (χ3n) is 3.00. The molecule has 0 radical (unpaired) electrons. The summed E-state index contributed by atoms with van der Waals surface area (Å²) >= 11 is 0. The lowest BCUT2D eigenvalue weighted by atomic mass is 9.94. The van der Waals surface area contributed by atoms with E-state index in [1.54, 1.807) is 12.3 Å². The zero-order valence-corrected chi connectivity index (χ0v) is 12.2. The molecule has 1 aromatic rings. The number of rotatable bonds is 8. The Morgan fingerprint density at radius 3 is 2.85 bits per heavy atom. The van der Waals surface area contributed by atoms with Gasteiger partial charge in [0.25, 0.3) is 0 Å². The molecule has 0 spiro atoms. The van der Waals surface area contributed by atoms with E-state index in [9.17, 15) is 4.79 Å². The fraction of sp³-hybridized carbons (Fsp3) is 0.500. The molecular weight excluding hydrogens is 252 g/mol. The predicted octanol–water partition coefficient (Wildman–Crippen LogP) is 2.26. The number of hydrogen-bond donors (Lipinski definition) is 2. The van der Waals surface area contributed by atoms with Crippen molar-refractivity contribution in [2.75, 3.05) is 13.2 Å². The summed E-state index contributed by atoms with van der Waals surface area (Å²) in [6, 6.07) is 5.56. The lowest BCUT2D eigenvalue weighted by Crippen LogP contribution is -2.29. The van der Waals surface area contributed by atoms with Gasteiger partial charge < -0.3 is 10.4 Å². The van der Waals surface area contributed by atoms with Gasteiger partial charge in [0.2, 0.25) is 5.91 Å². The van der Waals surface area contributed by atoms with Crippen molar-refractivity contribution in [1.82, 2.24) is 10.3 Å². The van der Waals surface area contributed by atoms with Gasteiger partial charge in [0.05, 0.1) is 5.69 Å². The summed E-state index contributed by atoms with van der Waals surface area (Å²) in [6.45, 7) is 5.06. The predicted molar refractivity (Wildman–Crippen MR) is 80.9 cm³/mol. The Balaban J connectivity index is 2.39. The molecule has 1 atom stereocenters.